The van der Waals surface area contributed by atoms with Crippen molar-refractivity contribution in [2.75, 3.05) is 6.54 Å². The summed E-state index contributed by atoms with van der Waals surface area (Å²) in [4.78, 5) is 12.3. The monoisotopic (exact) mass is 412 g/mol. The highest BCUT2D eigenvalue weighted by Gasteiger charge is 2.43. The molecule has 0 radical (unpaired) electrons. The molecular weight excluding hydrogens is 388 g/mol. The SMILES string of the molecule is Cc1cc(-c2c(C3CCC4C(=O)NNC(CN)C4C3)cnn2C)c(C#N)cc1Cl. The van der Waals surface area contributed by atoms with E-state index in [0.717, 1.165) is 41.6 Å². The number of aryl methyl sites for hydroxylation is 2. The number of benzene rings is 1. The fraction of sp³-hybridized carbons (Fsp3) is 0.476. The molecule has 4 rings (SSSR count). The summed E-state index contributed by atoms with van der Waals surface area (Å²) in [6.07, 6.45) is 4.48. The lowest BCUT2D eigenvalue weighted by Gasteiger charge is -2.43. The van der Waals surface area contributed by atoms with Gasteiger partial charge >= 0.3 is 0 Å². The Balaban J connectivity index is 1.73. The van der Waals surface area contributed by atoms with Gasteiger partial charge in [0.1, 0.15) is 0 Å². The van der Waals surface area contributed by atoms with Crippen molar-refractivity contribution in [1.29, 1.82) is 5.26 Å². The van der Waals surface area contributed by atoms with Gasteiger partial charge in [-0.2, -0.15) is 10.4 Å². The van der Waals surface area contributed by atoms with Crippen LogP contribution in [-0.2, 0) is 11.8 Å². The Morgan fingerprint density at radius 3 is 2.93 bits per heavy atom. The molecule has 152 valence electrons. The third-order valence-electron chi connectivity index (χ3n) is 6.47. The van der Waals surface area contributed by atoms with Crippen LogP contribution in [0.1, 0.15) is 41.9 Å². The Morgan fingerprint density at radius 2 is 2.21 bits per heavy atom. The minimum atomic E-state index is -0.00591. The van der Waals surface area contributed by atoms with Crippen LogP contribution in [0.25, 0.3) is 11.3 Å². The number of aromatic nitrogens is 2. The molecule has 1 aliphatic carbocycles. The molecular formula is C21H25ClN6O. The zero-order valence-corrected chi connectivity index (χ0v) is 17.3. The lowest BCUT2D eigenvalue weighted by Crippen LogP contribution is -2.62. The van der Waals surface area contributed by atoms with E-state index in [4.69, 9.17) is 17.3 Å². The van der Waals surface area contributed by atoms with Crippen molar-refractivity contribution >= 4 is 17.5 Å². The smallest absolute Gasteiger partial charge is 0.237 e. The molecule has 29 heavy (non-hydrogen) atoms. The molecule has 2 fully saturated rings. The van der Waals surface area contributed by atoms with E-state index in [1.807, 2.05) is 30.9 Å². The summed E-state index contributed by atoms with van der Waals surface area (Å²) in [6.45, 7) is 2.41. The zero-order valence-electron chi connectivity index (χ0n) is 16.6. The fourth-order valence-electron chi connectivity index (χ4n) is 4.91. The molecule has 0 bridgehead atoms. The molecule has 8 heteroatoms. The van der Waals surface area contributed by atoms with Gasteiger partial charge in [0.2, 0.25) is 5.91 Å². The third kappa shape index (κ3) is 3.42. The van der Waals surface area contributed by atoms with Crippen molar-refractivity contribution in [3.63, 3.8) is 0 Å². The van der Waals surface area contributed by atoms with Gasteiger partial charge in [0, 0.05) is 41.7 Å². The number of hydrogen-bond donors (Lipinski definition) is 3. The molecule has 4 unspecified atom stereocenters. The van der Waals surface area contributed by atoms with Crippen molar-refractivity contribution < 1.29 is 4.79 Å². The Kier molecular flexibility index (Phi) is 5.34. The second-order valence-electron chi connectivity index (χ2n) is 8.09. The van der Waals surface area contributed by atoms with E-state index in [0.29, 0.717) is 17.1 Å². The molecule has 4 N–H and O–H groups in total. The standard InChI is InChI=1S/C21H25ClN6O/c1-11-5-15(13(8-23)7-18(11)22)20-17(10-25-28(20)2)12-3-4-14-16(6-12)19(9-24)26-27-21(14)29/h5,7,10,12,14,16,19,26H,3-4,6,9,24H2,1-2H3,(H,27,29). The van der Waals surface area contributed by atoms with Gasteiger partial charge in [0.05, 0.1) is 23.5 Å². The van der Waals surface area contributed by atoms with Crippen LogP contribution in [0.2, 0.25) is 5.02 Å². The molecule has 4 atom stereocenters. The quantitative estimate of drug-likeness (QED) is 0.717. The minimum absolute atomic E-state index is 0.00591. The first-order chi connectivity index (χ1) is 13.9. The maximum Gasteiger partial charge on any atom is 0.237 e. The van der Waals surface area contributed by atoms with E-state index in [-0.39, 0.29) is 29.7 Å². The number of rotatable bonds is 3. The lowest BCUT2D eigenvalue weighted by molar-refractivity contribution is -0.133. The van der Waals surface area contributed by atoms with Crippen LogP contribution < -0.4 is 16.6 Å². The fourth-order valence-corrected chi connectivity index (χ4v) is 5.07. The van der Waals surface area contributed by atoms with Crippen molar-refractivity contribution in [1.82, 2.24) is 20.6 Å². The number of hydrogen-bond acceptors (Lipinski definition) is 5. The number of nitrogens with two attached hydrogens (primary N) is 1. The highest BCUT2D eigenvalue weighted by Crippen LogP contribution is 2.45. The van der Waals surface area contributed by atoms with Gasteiger partial charge in [0.25, 0.3) is 0 Å². The Morgan fingerprint density at radius 1 is 1.41 bits per heavy atom. The van der Waals surface area contributed by atoms with Crippen LogP contribution >= 0.6 is 11.6 Å². The molecule has 1 aliphatic heterocycles. The number of hydrazine groups is 1. The minimum Gasteiger partial charge on any atom is -0.329 e. The lowest BCUT2D eigenvalue weighted by atomic mass is 9.68. The van der Waals surface area contributed by atoms with E-state index in [2.05, 4.69) is 22.0 Å². The first kappa shape index (κ1) is 19.9. The number of halogens is 1. The number of nitrogens with zero attached hydrogens (tertiary/aromatic N) is 3. The highest BCUT2D eigenvalue weighted by molar-refractivity contribution is 6.31. The van der Waals surface area contributed by atoms with E-state index >= 15 is 0 Å². The maximum atomic E-state index is 12.3. The molecule has 2 aliphatic rings. The van der Waals surface area contributed by atoms with Crippen LogP contribution in [0.15, 0.2) is 18.3 Å². The number of carbonyl (C=O) groups excluding carboxylic acids is 1. The second kappa shape index (κ2) is 7.79. The van der Waals surface area contributed by atoms with Crippen LogP contribution in [0.3, 0.4) is 0 Å². The molecule has 7 nitrogen and oxygen atoms in total. The summed E-state index contributed by atoms with van der Waals surface area (Å²) >= 11 is 6.25. The van der Waals surface area contributed by atoms with Gasteiger partial charge in [-0.3, -0.25) is 14.9 Å². The Labute approximate surface area is 175 Å². The molecule has 2 heterocycles. The van der Waals surface area contributed by atoms with Gasteiger partial charge in [-0.25, -0.2) is 5.43 Å². The molecule has 1 amide bonds. The zero-order chi connectivity index (χ0) is 20.7. The van der Waals surface area contributed by atoms with Crippen LogP contribution in [-0.4, -0.2) is 28.3 Å². The normalized spacial score (nSPS) is 26.5. The van der Waals surface area contributed by atoms with Crippen molar-refractivity contribution in [3.05, 3.63) is 40.0 Å². The number of nitriles is 1. The third-order valence-corrected chi connectivity index (χ3v) is 6.88. The largest absolute Gasteiger partial charge is 0.329 e. The first-order valence-electron chi connectivity index (χ1n) is 9.92. The van der Waals surface area contributed by atoms with Gasteiger partial charge in [0.15, 0.2) is 0 Å². The average molecular weight is 413 g/mol. The summed E-state index contributed by atoms with van der Waals surface area (Å²) in [5.74, 6) is 0.491. The van der Waals surface area contributed by atoms with E-state index < -0.39 is 0 Å². The first-order valence-corrected chi connectivity index (χ1v) is 10.3. The molecule has 0 spiro atoms. The summed E-state index contributed by atoms with van der Waals surface area (Å²) < 4.78 is 1.83. The van der Waals surface area contributed by atoms with E-state index in [1.54, 1.807) is 6.07 Å². The summed E-state index contributed by atoms with van der Waals surface area (Å²) in [5, 5.41) is 14.8. The molecule has 2 aromatic rings. The van der Waals surface area contributed by atoms with E-state index in [1.165, 1.54) is 0 Å². The van der Waals surface area contributed by atoms with Crippen molar-refractivity contribution in [3.8, 4) is 17.3 Å². The van der Waals surface area contributed by atoms with Crippen LogP contribution in [0.5, 0.6) is 0 Å². The summed E-state index contributed by atoms with van der Waals surface area (Å²) in [7, 11) is 1.90. The second-order valence-corrected chi connectivity index (χ2v) is 8.49. The average Bonchev–Trinajstić information content (AvgIpc) is 3.11. The topological polar surface area (TPSA) is 109 Å². The van der Waals surface area contributed by atoms with Gasteiger partial charge in [-0.05, 0) is 55.7 Å². The van der Waals surface area contributed by atoms with Crippen LogP contribution in [0, 0.1) is 30.1 Å². The molecule has 1 saturated carbocycles. The van der Waals surface area contributed by atoms with Gasteiger partial charge in [-0.15, -0.1) is 0 Å². The molecule has 1 aromatic carbocycles. The van der Waals surface area contributed by atoms with Crippen molar-refractivity contribution in [2.45, 2.75) is 38.1 Å². The molecule has 1 saturated heterocycles. The number of fused-ring (bicyclic) bond motifs is 1. The van der Waals surface area contributed by atoms with E-state index in [9.17, 15) is 10.1 Å². The predicted octanol–water partition coefficient (Wildman–Crippen LogP) is 2.38. The number of amides is 1. The highest BCUT2D eigenvalue weighted by atomic mass is 35.5. The van der Waals surface area contributed by atoms with Gasteiger partial charge in [-0.1, -0.05) is 11.6 Å². The van der Waals surface area contributed by atoms with Crippen LogP contribution in [0.4, 0.5) is 0 Å². The summed E-state index contributed by atoms with van der Waals surface area (Å²) in [5.41, 5.74) is 16.2. The predicted molar refractivity (Wildman–Crippen MR) is 111 cm³/mol. The summed E-state index contributed by atoms with van der Waals surface area (Å²) in [6, 6.07) is 6.02. The Hall–Kier alpha value is -2.40. The van der Waals surface area contributed by atoms with Gasteiger partial charge < -0.3 is 5.73 Å². The Bertz CT molecular complexity index is 994. The van der Waals surface area contributed by atoms with Crippen molar-refractivity contribution in [2.24, 2.45) is 24.6 Å². The molecule has 1 aromatic heterocycles. The number of nitrogens with one attached hydrogen (secondary N) is 2. The maximum absolute atomic E-state index is 12.3. The number of carbonyl (C=O) groups is 1.